The molecule has 0 saturated heterocycles. The van der Waals surface area contributed by atoms with Gasteiger partial charge in [0.05, 0.1) is 24.9 Å². The van der Waals surface area contributed by atoms with Gasteiger partial charge in [-0.3, -0.25) is 4.79 Å². The molecule has 6 aromatic rings. The zero-order valence-corrected chi connectivity index (χ0v) is 23.4. The predicted molar refractivity (Wildman–Crippen MR) is 169 cm³/mol. The first-order valence-electron chi connectivity index (χ1n) is 14.2. The zero-order chi connectivity index (χ0) is 28.4. The Kier molecular flexibility index (Phi) is 5.32. The predicted octanol–water partition coefficient (Wildman–Crippen LogP) is 8.03. The molecule has 0 aliphatic carbocycles. The summed E-state index contributed by atoms with van der Waals surface area (Å²) < 4.78 is 5.36. The Hall–Kier alpha value is -5.29. The molecule has 1 unspecified atom stereocenters. The summed E-state index contributed by atoms with van der Waals surface area (Å²) >= 11 is 0. The van der Waals surface area contributed by atoms with Crippen LogP contribution in [0, 0.1) is 6.92 Å². The van der Waals surface area contributed by atoms with Gasteiger partial charge in [-0.15, -0.1) is 0 Å². The van der Waals surface area contributed by atoms with Crippen molar-refractivity contribution in [3.05, 3.63) is 138 Å². The molecule has 8 rings (SSSR count). The SMILES string of the molecule is COc1ccc(CN2C(=O)C3(Nc4ccccc4-c4c3ccc3c(C)c(-c5ccccc5)[nH]c43)c3ccccc32)cc1. The quantitative estimate of drug-likeness (QED) is 0.235. The summed E-state index contributed by atoms with van der Waals surface area (Å²) in [6, 6.07) is 39.2. The fraction of sp³-hybridized carbons (Fsp3) is 0.108. The summed E-state index contributed by atoms with van der Waals surface area (Å²) in [5.74, 6) is 0.809. The van der Waals surface area contributed by atoms with Crippen molar-refractivity contribution >= 4 is 28.2 Å². The number of carbonyl (C=O) groups excluding carboxylic acids is 1. The number of nitrogens with zero attached hydrogens (tertiary/aromatic N) is 1. The van der Waals surface area contributed by atoms with Crippen LogP contribution >= 0.6 is 0 Å². The first kappa shape index (κ1) is 24.5. The van der Waals surface area contributed by atoms with Gasteiger partial charge in [0, 0.05) is 39.0 Å². The van der Waals surface area contributed by atoms with E-state index >= 15 is 0 Å². The third-order valence-corrected chi connectivity index (χ3v) is 8.88. The number of benzene rings is 5. The van der Waals surface area contributed by atoms with Crippen molar-refractivity contribution < 1.29 is 9.53 Å². The molecule has 5 heteroatoms. The Morgan fingerprint density at radius 1 is 0.786 bits per heavy atom. The Bertz CT molecular complexity index is 2010. The van der Waals surface area contributed by atoms with Gasteiger partial charge in [0.2, 0.25) is 0 Å². The number of methoxy groups -OCH3 is 1. The van der Waals surface area contributed by atoms with Crippen molar-refractivity contribution in [1.29, 1.82) is 0 Å². The minimum Gasteiger partial charge on any atom is -0.497 e. The molecule has 42 heavy (non-hydrogen) atoms. The van der Waals surface area contributed by atoms with Gasteiger partial charge in [-0.25, -0.2) is 0 Å². The third-order valence-electron chi connectivity index (χ3n) is 8.88. The fourth-order valence-electron chi connectivity index (χ4n) is 6.87. The van der Waals surface area contributed by atoms with Crippen LogP contribution in [0.1, 0.15) is 22.3 Å². The molecule has 5 nitrogen and oxygen atoms in total. The topological polar surface area (TPSA) is 57.4 Å². The number of amides is 1. The summed E-state index contributed by atoms with van der Waals surface area (Å²) in [4.78, 5) is 20.6. The summed E-state index contributed by atoms with van der Waals surface area (Å²) in [7, 11) is 1.66. The van der Waals surface area contributed by atoms with Crippen LogP contribution in [0.3, 0.4) is 0 Å². The Morgan fingerprint density at radius 2 is 1.52 bits per heavy atom. The van der Waals surface area contributed by atoms with E-state index in [0.717, 1.165) is 67.1 Å². The standard InChI is InChI=1S/C37H29N3O2/c1-23-27-20-21-30-33(35(27)38-34(23)25-10-4-3-5-11-25)28-12-6-8-14-31(28)39-37(30)29-13-7-9-15-32(29)40(36(37)41)22-24-16-18-26(42-2)19-17-24/h3-21,38-39H,22H2,1-2H3. The number of para-hydroxylation sites is 2. The molecule has 2 N–H and O–H groups in total. The molecule has 1 atom stereocenters. The zero-order valence-electron chi connectivity index (χ0n) is 23.4. The Labute approximate surface area is 244 Å². The third kappa shape index (κ3) is 3.34. The van der Waals surface area contributed by atoms with Gasteiger partial charge in [-0.1, -0.05) is 91.0 Å². The van der Waals surface area contributed by atoms with Crippen LogP contribution < -0.4 is 15.0 Å². The van der Waals surface area contributed by atoms with Gasteiger partial charge < -0.3 is 19.9 Å². The van der Waals surface area contributed by atoms with Crippen molar-refractivity contribution in [2.24, 2.45) is 0 Å². The van der Waals surface area contributed by atoms with E-state index in [9.17, 15) is 4.79 Å². The van der Waals surface area contributed by atoms with E-state index in [0.29, 0.717) is 6.54 Å². The molecule has 5 aromatic carbocycles. The molecule has 1 aromatic heterocycles. The average Bonchev–Trinajstić information content (AvgIpc) is 3.50. The molecule has 1 amide bonds. The van der Waals surface area contributed by atoms with Gasteiger partial charge in [0.15, 0.2) is 5.54 Å². The molecular formula is C37H29N3O2. The fourth-order valence-corrected chi connectivity index (χ4v) is 6.87. The molecule has 0 bridgehead atoms. The molecule has 2 aliphatic rings. The maximum absolute atomic E-state index is 14.9. The van der Waals surface area contributed by atoms with E-state index in [4.69, 9.17) is 4.74 Å². The van der Waals surface area contributed by atoms with Crippen LogP contribution in [0.5, 0.6) is 5.75 Å². The average molecular weight is 548 g/mol. The van der Waals surface area contributed by atoms with Crippen LogP contribution in [0.15, 0.2) is 115 Å². The van der Waals surface area contributed by atoms with E-state index in [1.165, 1.54) is 5.56 Å². The van der Waals surface area contributed by atoms with Crippen LogP contribution in [-0.2, 0) is 16.9 Å². The highest BCUT2D eigenvalue weighted by Gasteiger charge is 2.55. The molecule has 0 fully saturated rings. The summed E-state index contributed by atoms with van der Waals surface area (Å²) in [6.45, 7) is 2.63. The lowest BCUT2D eigenvalue weighted by Gasteiger charge is -2.38. The Morgan fingerprint density at radius 3 is 2.33 bits per heavy atom. The lowest BCUT2D eigenvalue weighted by Crippen LogP contribution is -2.48. The number of ether oxygens (including phenoxy) is 1. The number of carbonyl (C=O) groups is 1. The highest BCUT2D eigenvalue weighted by molar-refractivity contribution is 6.17. The second-order valence-corrected chi connectivity index (χ2v) is 11.1. The number of aryl methyl sites for hydroxylation is 1. The maximum atomic E-state index is 14.9. The van der Waals surface area contributed by atoms with E-state index in [-0.39, 0.29) is 5.91 Å². The smallest absolute Gasteiger partial charge is 0.262 e. The molecule has 204 valence electrons. The van der Waals surface area contributed by atoms with Gasteiger partial charge in [-0.2, -0.15) is 0 Å². The van der Waals surface area contributed by atoms with Gasteiger partial charge >= 0.3 is 0 Å². The van der Waals surface area contributed by atoms with E-state index in [1.807, 2.05) is 53.4 Å². The minimum atomic E-state index is -1.06. The molecule has 0 radical (unpaired) electrons. The second kappa shape index (κ2) is 9.11. The van der Waals surface area contributed by atoms with E-state index < -0.39 is 5.54 Å². The van der Waals surface area contributed by atoms with E-state index in [2.05, 4.69) is 84.0 Å². The summed E-state index contributed by atoms with van der Waals surface area (Å²) in [6.07, 6.45) is 0. The van der Waals surface area contributed by atoms with Crippen molar-refractivity contribution in [2.45, 2.75) is 19.0 Å². The number of anilines is 2. The highest BCUT2D eigenvalue weighted by atomic mass is 16.5. The van der Waals surface area contributed by atoms with E-state index in [1.54, 1.807) is 7.11 Å². The minimum absolute atomic E-state index is 0.0150. The number of aromatic amines is 1. The van der Waals surface area contributed by atoms with Gasteiger partial charge in [-0.05, 0) is 47.9 Å². The maximum Gasteiger partial charge on any atom is 0.262 e. The lowest BCUT2D eigenvalue weighted by molar-refractivity contribution is -0.121. The van der Waals surface area contributed by atoms with Crippen molar-refractivity contribution in [3.8, 4) is 28.1 Å². The number of hydrogen-bond donors (Lipinski definition) is 2. The largest absolute Gasteiger partial charge is 0.497 e. The lowest BCUT2D eigenvalue weighted by atomic mass is 9.75. The van der Waals surface area contributed by atoms with Crippen molar-refractivity contribution in [3.63, 3.8) is 0 Å². The first-order chi connectivity index (χ1) is 20.6. The number of rotatable bonds is 4. The number of aromatic nitrogens is 1. The number of hydrogen-bond acceptors (Lipinski definition) is 3. The van der Waals surface area contributed by atoms with Crippen molar-refractivity contribution in [1.82, 2.24) is 4.98 Å². The van der Waals surface area contributed by atoms with Crippen LogP contribution in [0.4, 0.5) is 11.4 Å². The molecular weight excluding hydrogens is 518 g/mol. The Balaban J connectivity index is 1.37. The molecule has 1 spiro atoms. The summed E-state index contributed by atoms with van der Waals surface area (Å²) in [5.41, 5.74) is 10.4. The summed E-state index contributed by atoms with van der Waals surface area (Å²) in [5, 5.41) is 4.92. The number of H-pyrrole nitrogens is 1. The van der Waals surface area contributed by atoms with Crippen molar-refractivity contribution in [2.75, 3.05) is 17.3 Å². The normalized spacial score (nSPS) is 16.7. The molecule has 2 aliphatic heterocycles. The number of fused-ring (bicyclic) bond motifs is 8. The second-order valence-electron chi connectivity index (χ2n) is 11.1. The van der Waals surface area contributed by atoms with Gasteiger partial charge in [0.1, 0.15) is 5.75 Å². The number of nitrogens with one attached hydrogen (secondary N) is 2. The van der Waals surface area contributed by atoms with Crippen LogP contribution in [-0.4, -0.2) is 18.0 Å². The molecule has 3 heterocycles. The monoisotopic (exact) mass is 547 g/mol. The molecule has 0 saturated carbocycles. The van der Waals surface area contributed by atoms with Crippen LogP contribution in [0.25, 0.3) is 33.3 Å². The first-order valence-corrected chi connectivity index (χ1v) is 14.2. The van der Waals surface area contributed by atoms with Gasteiger partial charge in [0.25, 0.3) is 5.91 Å². The highest BCUT2D eigenvalue weighted by Crippen LogP contribution is 2.55. The van der Waals surface area contributed by atoms with Crippen LogP contribution in [0.2, 0.25) is 0 Å².